The van der Waals surface area contributed by atoms with Gasteiger partial charge in [0.1, 0.15) is 5.75 Å². The van der Waals surface area contributed by atoms with E-state index >= 15 is 0 Å². The molecule has 2 aromatic carbocycles. The van der Waals surface area contributed by atoms with Gasteiger partial charge in [0.05, 0.1) is 24.4 Å². The monoisotopic (exact) mass is 353 g/mol. The molecule has 0 aromatic heterocycles. The van der Waals surface area contributed by atoms with Crippen LogP contribution in [-0.2, 0) is 4.79 Å². The summed E-state index contributed by atoms with van der Waals surface area (Å²) in [6, 6.07) is 16.7. The molecule has 0 radical (unpaired) electrons. The molecule has 1 aliphatic heterocycles. The van der Waals surface area contributed by atoms with Gasteiger partial charge in [0, 0.05) is 5.70 Å². The standard InChI is InChI=1S/C19H19N3O2S/c1-12-16(18(23)21-14-10-6-7-11-15(14)24-2)17(22-19(25)20-12)13-8-4-3-5-9-13/h3-11,17H,1-2H3,(H,21,23)(H2,20,22,25)/t17-/m1/s1. The molecule has 6 heteroatoms. The Kier molecular flexibility index (Phi) is 5.00. The number of hydrogen-bond acceptors (Lipinski definition) is 3. The molecule has 0 unspecified atom stereocenters. The number of allylic oxidation sites excluding steroid dienone is 1. The number of methoxy groups -OCH3 is 1. The Morgan fingerprint density at radius 1 is 1.12 bits per heavy atom. The van der Waals surface area contributed by atoms with E-state index in [0.29, 0.717) is 22.1 Å². The van der Waals surface area contributed by atoms with Gasteiger partial charge in [-0.15, -0.1) is 0 Å². The second-order valence-corrected chi connectivity index (χ2v) is 6.04. The minimum absolute atomic E-state index is 0.210. The van der Waals surface area contributed by atoms with E-state index in [9.17, 15) is 4.79 Å². The summed E-state index contributed by atoms with van der Waals surface area (Å²) >= 11 is 5.26. The number of benzene rings is 2. The largest absolute Gasteiger partial charge is 0.495 e. The zero-order chi connectivity index (χ0) is 17.8. The van der Waals surface area contributed by atoms with E-state index in [0.717, 1.165) is 11.3 Å². The van der Waals surface area contributed by atoms with E-state index in [1.165, 1.54) is 0 Å². The van der Waals surface area contributed by atoms with Crippen LogP contribution in [0.3, 0.4) is 0 Å². The van der Waals surface area contributed by atoms with Gasteiger partial charge in [-0.3, -0.25) is 4.79 Å². The topological polar surface area (TPSA) is 62.4 Å². The molecular formula is C19H19N3O2S. The van der Waals surface area contributed by atoms with Crippen LogP contribution in [-0.4, -0.2) is 18.1 Å². The maximum atomic E-state index is 13.0. The molecular weight excluding hydrogens is 334 g/mol. The molecule has 0 fully saturated rings. The van der Waals surface area contributed by atoms with Crippen molar-refractivity contribution in [2.75, 3.05) is 12.4 Å². The highest BCUT2D eigenvalue weighted by Crippen LogP contribution is 2.29. The Bertz CT molecular complexity index is 834. The Morgan fingerprint density at radius 2 is 1.80 bits per heavy atom. The molecule has 1 amide bonds. The summed E-state index contributed by atoms with van der Waals surface area (Å²) in [5.41, 5.74) is 2.90. The molecule has 0 saturated carbocycles. The van der Waals surface area contributed by atoms with Gasteiger partial charge in [0.15, 0.2) is 5.11 Å². The minimum Gasteiger partial charge on any atom is -0.495 e. The average molecular weight is 353 g/mol. The van der Waals surface area contributed by atoms with Crippen molar-refractivity contribution in [2.24, 2.45) is 0 Å². The predicted octanol–water partition coefficient (Wildman–Crippen LogP) is 3.13. The third-order valence-corrected chi connectivity index (χ3v) is 4.22. The number of ether oxygens (including phenoxy) is 1. The van der Waals surface area contributed by atoms with Crippen LogP contribution in [0.25, 0.3) is 0 Å². The van der Waals surface area contributed by atoms with E-state index in [4.69, 9.17) is 17.0 Å². The van der Waals surface area contributed by atoms with Crippen molar-refractivity contribution in [2.45, 2.75) is 13.0 Å². The van der Waals surface area contributed by atoms with Crippen LogP contribution >= 0.6 is 12.2 Å². The number of rotatable bonds is 4. The Morgan fingerprint density at radius 3 is 2.52 bits per heavy atom. The highest BCUT2D eigenvalue weighted by molar-refractivity contribution is 7.80. The van der Waals surface area contributed by atoms with Crippen molar-refractivity contribution in [3.63, 3.8) is 0 Å². The molecule has 1 aliphatic rings. The average Bonchev–Trinajstić information content (AvgIpc) is 2.62. The van der Waals surface area contributed by atoms with Gasteiger partial charge >= 0.3 is 0 Å². The summed E-state index contributed by atoms with van der Waals surface area (Å²) in [5, 5.41) is 9.64. The second kappa shape index (κ2) is 7.36. The smallest absolute Gasteiger partial charge is 0.255 e. The van der Waals surface area contributed by atoms with Crippen molar-refractivity contribution in [3.05, 3.63) is 71.4 Å². The fourth-order valence-electron chi connectivity index (χ4n) is 2.83. The van der Waals surface area contributed by atoms with Crippen LogP contribution in [0.5, 0.6) is 5.75 Å². The highest BCUT2D eigenvalue weighted by Gasteiger charge is 2.30. The van der Waals surface area contributed by atoms with Crippen molar-refractivity contribution in [1.29, 1.82) is 0 Å². The number of carbonyl (C=O) groups is 1. The van der Waals surface area contributed by atoms with E-state index in [1.54, 1.807) is 19.2 Å². The third-order valence-electron chi connectivity index (χ3n) is 4.00. The molecule has 1 atom stereocenters. The fraction of sp³-hybridized carbons (Fsp3) is 0.158. The SMILES string of the molecule is COc1ccccc1NC(=O)C1=C(C)NC(=S)N[C@@H]1c1ccccc1. The quantitative estimate of drug-likeness (QED) is 0.737. The molecule has 3 N–H and O–H groups in total. The minimum atomic E-state index is -0.315. The molecule has 0 saturated heterocycles. The van der Waals surface area contributed by atoms with E-state index < -0.39 is 0 Å². The third kappa shape index (κ3) is 3.64. The normalized spacial score (nSPS) is 16.7. The van der Waals surface area contributed by atoms with Gasteiger partial charge in [-0.1, -0.05) is 42.5 Å². The number of para-hydroxylation sites is 2. The lowest BCUT2D eigenvalue weighted by Gasteiger charge is -2.30. The van der Waals surface area contributed by atoms with E-state index in [-0.39, 0.29) is 11.9 Å². The first-order valence-electron chi connectivity index (χ1n) is 7.87. The lowest BCUT2D eigenvalue weighted by Crippen LogP contribution is -2.45. The summed E-state index contributed by atoms with van der Waals surface area (Å²) in [5.74, 6) is 0.399. The molecule has 0 spiro atoms. The van der Waals surface area contributed by atoms with Crippen molar-refractivity contribution in [1.82, 2.24) is 10.6 Å². The van der Waals surface area contributed by atoms with Gasteiger partial charge in [0.25, 0.3) is 5.91 Å². The number of anilines is 1. The van der Waals surface area contributed by atoms with Crippen molar-refractivity contribution >= 4 is 28.9 Å². The number of hydrogen-bond donors (Lipinski definition) is 3. The summed E-state index contributed by atoms with van der Waals surface area (Å²) in [6.45, 7) is 1.85. The predicted molar refractivity (Wildman–Crippen MR) is 102 cm³/mol. The van der Waals surface area contributed by atoms with Crippen LogP contribution in [0.15, 0.2) is 65.9 Å². The van der Waals surface area contributed by atoms with Crippen LogP contribution in [0.2, 0.25) is 0 Å². The molecule has 5 nitrogen and oxygen atoms in total. The molecule has 128 valence electrons. The van der Waals surface area contributed by atoms with E-state index in [2.05, 4.69) is 16.0 Å². The van der Waals surface area contributed by atoms with Gasteiger partial charge in [0.2, 0.25) is 0 Å². The molecule has 1 heterocycles. The Hall–Kier alpha value is -2.86. The summed E-state index contributed by atoms with van der Waals surface area (Å²) in [7, 11) is 1.57. The molecule has 25 heavy (non-hydrogen) atoms. The molecule has 0 bridgehead atoms. The van der Waals surface area contributed by atoms with Gasteiger partial charge in [-0.2, -0.15) is 0 Å². The fourth-order valence-corrected chi connectivity index (χ4v) is 3.10. The van der Waals surface area contributed by atoms with Gasteiger partial charge < -0.3 is 20.7 Å². The van der Waals surface area contributed by atoms with Crippen LogP contribution < -0.4 is 20.7 Å². The summed E-state index contributed by atoms with van der Waals surface area (Å²) < 4.78 is 5.31. The number of carbonyl (C=O) groups excluding carboxylic acids is 1. The van der Waals surface area contributed by atoms with Crippen LogP contribution in [0.4, 0.5) is 5.69 Å². The molecule has 2 aromatic rings. The zero-order valence-electron chi connectivity index (χ0n) is 14.0. The molecule has 3 rings (SSSR count). The maximum Gasteiger partial charge on any atom is 0.255 e. The van der Waals surface area contributed by atoms with Crippen LogP contribution in [0, 0.1) is 0 Å². The molecule has 0 aliphatic carbocycles. The van der Waals surface area contributed by atoms with Crippen molar-refractivity contribution < 1.29 is 9.53 Å². The Balaban J connectivity index is 1.95. The summed E-state index contributed by atoms with van der Waals surface area (Å²) in [6.07, 6.45) is 0. The first kappa shape index (κ1) is 17.0. The lowest BCUT2D eigenvalue weighted by atomic mass is 9.95. The van der Waals surface area contributed by atoms with Gasteiger partial charge in [-0.25, -0.2) is 0 Å². The number of amides is 1. The lowest BCUT2D eigenvalue weighted by molar-refractivity contribution is -0.113. The summed E-state index contributed by atoms with van der Waals surface area (Å²) in [4.78, 5) is 13.0. The first-order chi connectivity index (χ1) is 12.1. The zero-order valence-corrected chi connectivity index (χ0v) is 14.8. The Labute approximate surface area is 152 Å². The maximum absolute atomic E-state index is 13.0. The van der Waals surface area contributed by atoms with Crippen molar-refractivity contribution in [3.8, 4) is 5.75 Å². The van der Waals surface area contributed by atoms with Gasteiger partial charge in [-0.05, 0) is 36.8 Å². The number of thiocarbonyl (C=S) groups is 1. The number of nitrogens with one attached hydrogen (secondary N) is 3. The first-order valence-corrected chi connectivity index (χ1v) is 8.28. The van der Waals surface area contributed by atoms with Crippen LogP contribution in [0.1, 0.15) is 18.5 Å². The second-order valence-electron chi connectivity index (χ2n) is 5.64. The van der Waals surface area contributed by atoms with E-state index in [1.807, 2.05) is 49.4 Å². The highest BCUT2D eigenvalue weighted by atomic mass is 32.1.